The van der Waals surface area contributed by atoms with E-state index in [0.717, 1.165) is 19.3 Å². The Morgan fingerprint density at radius 2 is 1.49 bits per heavy atom. The van der Waals surface area contributed by atoms with Gasteiger partial charge in [0.25, 0.3) is 0 Å². The van der Waals surface area contributed by atoms with Crippen LogP contribution in [0.3, 0.4) is 0 Å². The first-order valence-electron chi connectivity index (χ1n) is 15.5. The van der Waals surface area contributed by atoms with Crippen molar-refractivity contribution in [1.29, 1.82) is 0 Å². The number of hydrogen-bond acceptors (Lipinski definition) is 8. The molecule has 1 amide bonds. The average molecular weight is 580 g/mol. The van der Waals surface area contributed by atoms with E-state index in [0.29, 0.717) is 6.42 Å². The van der Waals surface area contributed by atoms with Crippen LogP contribution in [0.5, 0.6) is 0 Å². The summed E-state index contributed by atoms with van der Waals surface area (Å²) in [4.78, 5) is 36.0. The number of aliphatic hydroxyl groups is 1. The molecule has 1 heterocycles. The summed E-state index contributed by atoms with van der Waals surface area (Å²) < 4.78 is 21.9. The lowest BCUT2D eigenvalue weighted by Crippen LogP contribution is -2.65. The van der Waals surface area contributed by atoms with Gasteiger partial charge in [0.1, 0.15) is 24.9 Å². The quantitative estimate of drug-likeness (QED) is 0.0562. The number of aliphatic hydroxyl groups excluding tert-OH is 1. The zero-order valence-corrected chi connectivity index (χ0v) is 25.3. The molecule has 0 unspecified atom stereocenters. The van der Waals surface area contributed by atoms with E-state index in [-0.39, 0.29) is 19.6 Å². The van der Waals surface area contributed by atoms with Gasteiger partial charge in [0.2, 0.25) is 5.91 Å². The van der Waals surface area contributed by atoms with Gasteiger partial charge in [0.15, 0.2) is 12.4 Å². The molecule has 0 spiro atoms. The molecule has 0 aromatic rings. The second-order valence-electron chi connectivity index (χ2n) is 10.8. The van der Waals surface area contributed by atoms with E-state index in [9.17, 15) is 19.5 Å². The van der Waals surface area contributed by atoms with Crippen LogP contribution in [0, 0.1) is 12.3 Å². The molecule has 234 valence electrons. The van der Waals surface area contributed by atoms with E-state index in [1.807, 2.05) is 5.92 Å². The minimum absolute atomic E-state index is 0.0769. The van der Waals surface area contributed by atoms with Crippen molar-refractivity contribution in [3.63, 3.8) is 0 Å². The van der Waals surface area contributed by atoms with Crippen molar-refractivity contribution in [3.8, 4) is 12.3 Å². The maximum absolute atomic E-state index is 12.7. The minimum Gasteiger partial charge on any atom is -0.457 e. The number of terminal acetylenes is 1. The molecular weight excluding hydrogens is 526 g/mol. The maximum atomic E-state index is 12.7. The van der Waals surface area contributed by atoms with E-state index >= 15 is 0 Å². The number of carbonyl (C=O) groups is 3. The summed E-state index contributed by atoms with van der Waals surface area (Å²) in [6, 6.07) is -0.980. The molecule has 2 N–H and O–H groups in total. The van der Waals surface area contributed by atoms with Gasteiger partial charge in [-0.2, -0.15) is 0 Å². The Morgan fingerprint density at radius 1 is 0.951 bits per heavy atom. The standard InChI is InChI=1S/C32H53NO8/c1-5-8-9-10-11-12-13-14-15-16-17-18-19-20-21-22-28(36)41-31-29(33-25(4)34)32(38-23-6-2)40-26(30(31)37)24-39-27(35)7-3/h3,6,26,29-32,37H,2,5,8-24H2,1,4H3,(H,33,34)/t26-,29-,30-,31-,32+/m1/s1. The zero-order valence-electron chi connectivity index (χ0n) is 25.3. The van der Waals surface area contributed by atoms with Crippen LogP contribution >= 0.6 is 0 Å². The molecule has 1 saturated heterocycles. The first-order chi connectivity index (χ1) is 19.8. The third-order valence-corrected chi connectivity index (χ3v) is 7.17. The Balaban J connectivity index is 2.42. The Kier molecular flexibility index (Phi) is 20.7. The fourth-order valence-corrected chi connectivity index (χ4v) is 4.94. The van der Waals surface area contributed by atoms with Gasteiger partial charge in [0, 0.05) is 19.3 Å². The summed E-state index contributed by atoms with van der Waals surface area (Å²) in [5.41, 5.74) is 0. The molecule has 0 aromatic carbocycles. The molecule has 5 atom stereocenters. The molecule has 0 saturated carbocycles. The first kappa shape index (κ1) is 36.6. The molecule has 9 heteroatoms. The molecule has 0 bridgehead atoms. The topological polar surface area (TPSA) is 120 Å². The highest BCUT2D eigenvalue weighted by Gasteiger charge is 2.49. The molecule has 0 aromatic heterocycles. The van der Waals surface area contributed by atoms with Crippen LogP contribution in [-0.2, 0) is 33.3 Å². The predicted molar refractivity (Wildman–Crippen MR) is 158 cm³/mol. The molecule has 0 aliphatic carbocycles. The summed E-state index contributed by atoms with van der Waals surface area (Å²) in [5.74, 6) is -0.0169. The molecular formula is C32H53NO8. The van der Waals surface area contributed by atoms with Gasteiger partial charge >= 0.3 is 11.9 Å². The smallest absolute Gasteiger partial charge is 0.384 e. The fourth-order valence-electron chi connectivity index (χ4n) is 4.94. The molecule has 0 radical (unpaired) electrons. The first-order valence-corrected chi connectivity index (χ1v) is 15.5. The lowest BCUT2D eigenvalue weighted by Gasteiger charge is -2.43. The molecule has 41 heavy (non-hydrogen) atoms. The Morgan fingerprint density at radius 3 is 1.98 bits per heavy atom. The number of ether oxygens (including phenoxy) is 4. The number of esters is 2. The Labute approximate surface area is 247 Å². The fraction of sp³-hybridized carbons (Fsp3) is 0.781. The lowest BCUT2D eigenvalue weighted by molar-refractivity contribution is -0.271. The van der Waals surface area contributed by atoms with Gasteiger partial charge in [-0.3, -0.25) is 9.59 Å². The highest BCUT2D eigenvalue weighted by atomic mass is 16.7. The predicted octanol–water partition coefficient (Wildman–Crippen LogP) is 5.13. The number of carbonyl (C=O) groups excluding carboxylic acids is 3. The maximum Gasteiger partial charge on any atom is 0.384 e. The number of amides is 1. The highest BCUT2D eigenvalue weighted by Crippen LogP contribution is 2.26. The molecule has 1 aliphatic rings. The van der Waals surface area contributed by atoms with E-state index in [1.54, 1.807) is 0 Å². The summed E-state index contributed by atoms with van der Waals surface area (Å²) >= 11 is 0. The zero-order chi connectivity index (χ0) is 30.3. The van der Waals surface area contributed by atoms with E-state index in [2.05, 4.69) is 18.8 Å². The van der Waals surface area contributed by atoms with Crippen molar-refractivity contribution < 1.29 is 38.4 Å². The largest absolute Gasteiger partial charge is 0.457 e. The van der Waals surface area contributed by atoms with Crippen molar-refractivity contribution in [2.24, 2.45) is 0 Å². The van der Waals surface area contributed by atoms with Crippen molar-refractivity contribution >= 4 is 17.8 Å². The monoisotopic (exact) mass is 579 g/mol. The van der Waals surface area contributed by atoms with Crippen LogP contribution in [0.2, 0.25) is 0 Å². The third-order valence-electron chi connectivity index (χ3n) is 7.17. The van der Waals surface area contributed by atoms with Crippen LogP contribution < -0.4 is 5.32 Å². The Hall–Kier alpha value is -2.41. The van der Waals surface area contributed by atoms with Crippen LogP contribution in [0.15, 0.2) is 12.7 Å². The van der Waals surface area contributed by atoms with Crippen LogP contribution in [0.25, 0.3) is 0 Å². The average Bonchev–Trinajstić information content (AvgIpc) is 2.95. The summed E-state index contributed by atoms with van der Waals surface area (Å²) in [6.07, 6.45) is 20.3. The van der Waals surface area contributed by atoms with Gasteiger partial charge < -0.3 is 29.4 Å². The molecule has 9 nitrogen and oxygen atoms in total. The Bertz CT molecular complexity index is 795. The van der Waals surface area contributed by atoms with Crippen molar-refractivity contribution in [3.05, 3.63) is 12.7 Å². The summed E-state index contributed by atoms with van der Waals surface area (Å²) in [7, 11) is 0. The van der Waals surface area contributed by atoms with Gasteiger partial charge in [-0.1, -0.05) is 103 Å². The van der Waals surface area contributed by atoms with Crippen molar-refractivity contribution in [1.82, 2.24) is 5.32 Å². The molecule has 1 aliphatic heterocycles. The van der Waals surface area contributed by atoms with Crippen LogP contribution in [-0.4, -0.2) is 66.8 Å². The van der Waals surface area contributed by atoms with Gasteiger partial charge in [0.05, 0.1) is 6.61 Å². The molecule has 1 fully saturated rings. The summed E-state index contributed by atoms with van der Waals surface area (Å²) in [6.45, 7) is 6.85. The number of unbranched alkanes of at least 4 members (excludes halogenated alkanes) is 14. The van der Waals surface area contributed by atoms with E-state index in [4.69, 9.17) is 25.4 Å². The van der Waals surface area contributed by atoms with Crippen LogP contribution in [0.4, 0.5) is 0 Å². The SMILES string of the molecule is C#CC(=O)OC[C@H]1O[C@H](OCC=C)[C@H](NC(C)=O)[C@@H](OC(=O)CCCCCCCCCCCCCCCCC)[C@@H]1O. The number of rotatable bonds is 23. The van der Waals surface area contributed by atoms with E-state index in [1.165, 1.54) is 83.6 Å². The van der Waals surface area contributed by atoms with E-state index < -0.39 is 48.5 Å². The normalized spacial score (nSPS) is 22.0. The second-order valence-corrected chi connectivity index (χ2v) is 10.8. The lowest BCUT2D eigenvalue weighted by atomic mass is 9.96. The minimum atomic E-state index is -1.40. The number of nitrogens with one attached hydrogen (secondary N) is 1. The third kappa shape index (κ3) is 16.6. The molecule has 1 rings (SSSR count). The van der Waals surface area contributed by atoms with Crippen molar-refractivity contribution in [2.45, 2.75) is 147 Å². The van der Waals surface area contributed by atoms with Gasteiger partial charge in [-0.15, -0.1) is 13.0 Å². The van der Waals surface area contributed by atoms with Crippen LogP contribution in [0.1, 0.15) is 117 Å². The van der Waals surface area contributed by atoms with Gasteiger partial charge in [-0.25, -0.2) is 4.79 Å². The number of hydrogen-bond donors (Lipinski definition) is 2. The van der Waals surface area contributed by atoms with Gasteiger partial charge in [-0.05, 0) is 6.42 Å². The second kappa shape index (κ2) is 23.2. The summed E-state index contributed by atoms with van der Waals surface area (Å²) in [5, 5.41) is 13.6. The highest BCUT2D eigenvalue weighted by molar-refractivity contribution is 5.87. The van der Waals surface area contributed by atoms with Crippen molar-refractivity contribution in [2.75, 3.05) is 13.2 Å².